The molecule has 5 nitrogen and oxygen atoms in total. The SMILES string of the molecule is CCN1C(=O)c2ccccc2NC1(C)c1cccc(OCC2CCCO2)c1. The fourth-order valence-corrected chi connectivity index (χ4v) is 4.00. The van der Waals surface area contributed by atoms with Gasteiger partial charge in [-0.25, -0.2) is 0 Å². The van der Waals surface area contributed by atoms with Crippen LogP contribution in [0.3, 0.4) is 0 Å². The van der Waals surface area contributed by atoms with Crippen molar-refractivity contribution in [2.45, 2.75) is 38.5 Å². The molecule has 0 aromatic heterocycles. The molecule has 4 rings (SSSR count). The van der Waals surface area contributed by atoms with Crippen molar-refractivity contribution in [1.29, 1.82) is 0 Å². The maximum atomic E-state index is 13.1. The van der Waals surface area contributed by atoms with Gasteiger partial charge < -0.3 is 19.7 Å². The van der Waals surface area contributed by atoms with Crippen molar-refractivity contribution in [1.82, 2.24) is 4.90 Å². The summed E-state index contributed by atoms with van der Waals surface area (Å²) in [5, 5.41) is 3.57. The molecule has 0 saturated carbocycles. The summed E-state index contributed by atoms with van der Waals surface area (Å²) >= 11 is 0. The number of para-hydroxylation sites is 1. The van der Waals surface area contributed by atoms with Crippen LogP contribution in [0.4, 0.5) is 5.69 Å². The zero-order valence-corrected chi connectivity index (χ0v) is 15.9. The van der Waals surface area contributed by atoms with Crippen molar-refractivity contribution >= 4 is 11.6 Å². The van der Waals surface area contributed by atoms with Crippen molar-refractivity contribution in [3.8, 4) is 5.75 Å². The Balaban J connectivity index is 1.62. The number of ether oxygens (including phenoxy) is 2. The first-order valence-corrected chi connectivity index (χ1v) is 9.66. The molecule has 1 fully saturated rings. The van der Waals surface area contributed by atoms with Gasteiger partial charge in [-0.1, -0.05) is 24.3 Å². The van der Waals surface area contributed by atoms with Gasteiger partial charge in [-0.15, -0.1) is 0 Å². The Morgan fingerprint density at radius 2 is 2.11 bits per heavy atom. The number of hydrogen-bond donors (Lipinski definition) is 1. The molecule has 2 heterocycles. The Labute approximate surface area is 160 Å². The lowest BCUT2D eigenvalue weighted by Gasteiger charge is -2.46. The molecule has 27 heavy (non-hydrogen) atoms. The highest BCUT2D eigenvalue weighted by molar-refractivity contribution is 6.02. The van der Waals surface area contributed by atoms with E-state index in [1.807, 2.05) is 67.3 Å². The van der Waals surface area contributed by atoms with Crippen LogP contribution in [0.5, 0.6) is 5.75 Å². The van der Waals surface area contributed by atoms with E-state index in [0.29, 0.717) is 18.7 Å². The molecule has 1 N–H and O–H groups in total. The van der Waals surface area contributed by atoms with E-state index >= 15 is 0 Å². The van der Waals surface area contributed by atoms with Crippen molar-refractivity contribution in [3.63, 3.8) is 0 Å². The van der Waals surface area contributed by atoms with E-state index in [1.165, 1.54) is 0 Å². The first-order chi connectivity index (χ1) is 13.1. The second-order valence-electron chi connectivity index (χ2n) is 7.27. The monoisotopic (exact) mass is 366 g/mol. The van der Waals surface area contributed by atoms with Crippen molar-refractivity contribution in [2.75, 3.05) is 25.1 Å². The molecule has 1 amide bonds. The fraction of sp³-hybridized carbons (Fsp3) is 0.409. The topological polar surface area (TPSA) is 50.8 Å². The summed E-state index contributed by atoms with van der Waals surface area (Å²) in [4.78, 5) is 14.9. The molecule has 0 aliphatic carbocycles. The first-order valence-electron chi connectivity index (χ1n) is 9.66. The lowest BCUT2D eigenvalue weighted by Crippen LogP contribution is -2.55. The second-order valence-corrected chi connectivity index (χ2v) is 7.27. The number of carbonyl (C=O) groups is 1. The van der Waals surface area contributed by atoms with Crippen molar-refractivity contribution in [2.24, 2.45) is 0 Å². The quantitative estimate of drug-likeness (QED) is 0.869. The van der Waals surface area contributed by atoms with Gasteiger partial charge >= 0.3 is 0 Å². The molecule has 2 atom stereocenters. The van der Waals surface area contributed by atoms with Crippen molar-refractivity contribution < 1.29 is 14.3 Å². The predicted octanol–water partition coefficient (Wildman–Crippen LogP) is 4.00. The Hall–Kier alpha value is -2.53. The third-order valence-electron chi connectivity index (χ3n) is 5.49. The number of nitrogens with zero attached hydrogens (tertiary/aromatic N) is 1. The minimum Gasteiger partial charge on any atom is -0.491 e. The van der Waals surface area contributed by atoms with E-state index in [1.54, 1.807) is 0 Å². The van der Waals surface area contributed by atoms with E-state index in [4.69, 9.17) is 9.47 Å². The smallest absolute Gasteiger partial charge is 0.258 e. The Bertz CT molecular complexity index is 832. The maximum Gasteiger partial charge on any atom is 0.258 e. The van der Waals surface area contributed by atoms with Gasteiger partial charge in [0.2, 0.25) is 0 Å². The molecule has 142 valence electrons. The average Bonchev–Trinajstić information content (AvgIpc) is 3.21. The second kappa shape index (κ2) is 7.24. The number of benzene rings is 2. The van der Waals surface area contributed by atoms with Crippen molar-refractivity contribution in [3.05, 3.63) is 59.7 Å². The minimum atomic E-state index is -0.636. The van der Waals surface area contributed by atoms with E-state index in [2.05, 4.69) is 5.32 Å². The van der Waals surface area contributed by atoms with Gasteiger partial charge in [0.05, 0.1) is 11.7 Å². The Morgan fingerprint density at radius 1 is 1.26 bits per heavy atom. The van der Waals surface area contributed by atoms with Crippen LogP contribution in [0.25, 0.3) is 0 Å². The summed E-state index contributed by atoms with van der Waals surface area (Å²) < 4.78 is 11.6. The standard InChI is InChI=1S/C22H26N2O3/c1-3-24-21(25)19-11-4-5-12-20(19)23-22(24,2)16-8-6-9-17(14-16)27-15-18-10-7-13-26-18/h4-6,8-9,11-12,14,18,23H,3,7,10,13,15H2,1-2H3. The summed E-state index contributed by atoms with van der Waals surface area (Å²) in [6.45, 7) is 6.04. The molecule has 0 radical (unpaired) electrons. The van der Waals surface area contributed by atoms with E-state index < -0.39 is 5.66 Å². The third-order valence-corrected chi connectivity index (χ3v) is 5.49. The first kappa shape index (κ1) is 17.9. The van der Waals surface area contributed by atoms with Crippen LogP contribution in [0, 0.1) is 0 Å². The number of carbonyl (C=O) groups excluding carboxylic acids is 1. The minimum absolute atomic E-state index is 0.0417. The van der Waals surface area contributed by atoms with Gasteiger partial charge in [0.15, 0.2) is 0 Å². The number of nitrogens with one attached hydrogen (secondary N) is 1. The maximum absolute atomic E-state index is 13.1. The van der Waals surface area contributed by atoms with Crippen LogP contribution in [0.2, 0.25) is 0 Å². The molecule has 0 bridgehead atoms. The summed E-state index contributed by atoms with van der Waals surface area (Å²) in [6, 6.07) is 15.7. The number of anilines is 1. The molecular weight excluding hydrogens is 340 g/mol. The normalized spacial score (nSPS) is 24.4. The average molecular weight is 366 g/mol. The van der Waals surface area contributed by atoms with Crippen LogP contribution < -0.4 is 10.1 Å². The van der Waals surface area contributed by atoms with Crippen LogP contribution in [0.1, 0.15) is 42.6 Å². The zero-order valence-electron chi connectivity index (χ0n) is 15.9. The van der Waals surface area contributed by atoms with E-state index in [9.17, 15) is 4.79 Å². The van der Waals surface area contributed by atoms with Gasteiger partial charge in [-0.3, -0.25) is 4.79 Å². The van der Waals surface area contributed by atoms with Gasteiger partial charge in [0.25, 0.3) is 5.91 Å². The van der Waals surface area contributed by atoms with Crippen LogP contribution >= 0.6 is 0 Å². The zero-order chi connectivity index (χ0) is 18.9. The molecule has 2 aliphatic heterocycles. The molecule has 2 aromatic rings. The van der Waals surface area contributed by atoms with E-state index in [0.717, 1.165) is 36.4 Å². The highest BCUT2D eigenvalue weighted by atomic mass is 16.5. The molecule has 0 spiro atoms. The van der Waals surface area contributed by atoms with Gasteiger partial charge in [-0.2, -0.15) is 0 Å². The molecule has 2 unspecified atom stereocenters. The third kappa shape index (κ3) is 3.28. The summed E-state index contributed by atoms with van der Waals surface area (Å²) in [6.07, 6.45) is 2.33. The number of hydrogen-bond acceptors (Lipinski definition) is 4. The van der Waals surface area contributed by atoms with Crippen LogP contribution in [-0.4, -0.2) is 36.7 Å². The number of rotatable bonds is 5. The molecule has 1 saturated heterocycles. The molecule has 2 aliphatic rings. The summed E-state index contributed by atoms with van der Waals surface area (Å²) in [5.41, 5.74) is 1.93. The Kier molecular flexibility index (Phi) is 4.79. The van der Waals surface area contributed by atoms with Gasteiger partial charge in [0, 0.05) is 24.4 Å². The summed E-state index contributed by atoms with van der Waals surface area (Å²) in [7, 11) is 0. The lowest BCUT2D eigenvalue weighted by atomic mass is 9.93. The summed E-state index contributed by atoms with van der Waals surface area (Å²) in [5.74, 6) is 0.841. The largest absolute Gasteiger partial charge is 0.491 e. The van der Waals surface area contributed by atoms with E-state index in [-0.39, 0.29) is 12.0 Å². The fourth-order valence-electron chi connectivity index (χ4n) is 4.00. The Morgan fingerprint density at radius 3 is 2.89 bits per heavy atom. The number of fused-ring (bicyclic) bond motifs is 1. The number of amides is 1. The van der Waals surface area contributed by atoms with Crippen LogP contribution in [0.15, 0.2) is 48.5 Å². The lowest BCUT2D eigenvalue weighted by molar-refractivity contribution is 0.0550. The van der Waals surface area contributed by atoms with Gasteiger partial charge in [0.1, 0.15) is 18.0 Å². The molecule has 5 heteroatoms. The highest BCUT2D eigenvalue weighted by Crippen LogP contribution is 2.38. The van der Waals surface area contributed by atoms with Crippen LogP contribution in [-0.2, 0) is 10.4 Å². The molecule has 2 aromatic carbocycles. The highest BCUT2D eigenvalue weighted by Gasteiger charge is 2.41. The predicted molar refractivity (Wildman–Crippen MR) is 105 cm³/mol. The van der Waals surface area contributed by atoms with Gasteiger partial charge in [-0.05, 0) is 51.0 Å². The molecular formula is C22H26N2O3.